The van der Waals surface area contributed by atoms with Crippen LogP contribution in [0.25, 0.3) is 43.8 Å². The van der Waals surface area contributed by atoms with Crippen molar-refractivity contribution in [3.05, 3.63) is 134 Å². The van der Waals surface area contributed by atoms with Crippen molar-refractivity contribution in [3.63, 3.8) is 0 Å². The number of benzene rings is 4. The van der Waals surface area contributed by atoms with Crippen molar-refractivity contribution < 1.29 is 25.8 Å². The van der Waals surface area contributed by atoms with Gasteiger partial charge in [-0.3, -0.25) is 0 Å². The average Bonchev–Trinajstić information content (AvgIpc) is 3.56. The minimum absolute atomic E-state index is 0. The third-order valence-corrected chi connectivity index (χ3v) is 15.8. The Morgan fingerprint density at radius 3 is 1.25 bits per heavy atom. The Kier molecular flexibility index (Phi) is 11.1. The van der Waals surface area contributed by atoms with Crippen molar-refractivity contribution in [1.82, 2.24) is 0 Å². The Morgan fingerprint density at radius 1 is 0.500 bits per heavy atom. The van der Waals surface area contributed by atoms with E-state index >= 15 is 0 Å². The Morgan fingerprint density at radius 2 is 0.886 bits per heavy atom. The van der Waals surface area contributed by atoms with E-state index in [-0.39, 0.29) is 40.7 Å². The molecule has 0 N–H and O–H groups in total. The largest absolute Gasteiger partial charge is 4.00 e. The molecule has 0 aliphatic heterocycles. The fourth-order valence-electron chi connectivity index (χ4n) is 7.64. The third-order valence-electron chi connectivity index (χ3n) is 9.64. The Hall–Kier alpha value is -2.81. The molecule has 0 atom stereocenters. The van der Waals surface area contributed by atoms with Gasteiger partial charge in [0, 0.05) is 0 Å². The summed E-state index contributed by atoms with van der Waals surface area (Å²) in [6.07, 6.45) is 0. The molecule has 0 fully saturated rings. The maximum absolute atomic E-state index is 2.57. The first kappa shape index (κ1) is 35.7. The Bertz CT molecular complexity index is 1760. The van der Waals surface area contributed by atoms with Crippen molar-refractivity contribution >= 4 is 40.0 Å². The topological polar surface area (TPSA) is 0 Å². The zero-order chi connectivity index (χ0) is 29.1. The van der Waals surface area contributed by atoms with Crippen LogP contribution >= 0.6 is 0 Å². The molecule has 0 aromatic heterocycles. The second kappa shape index (κ2) is 13.7. The zero-order valence-electron chi connectivity index (χ0n) is 28.4. The molecule has 2 heteroatoms. The number of fused-ring (bicyclic) bond motifs is 2. The van der Waals surface area contributed by atoms with Crippen LogP contribution in [0.3, 0.4) is 0 Å². The van der Waals surface area contributed by atoms with Crippen molar-refractivity contribution in [3.8, 4) is 22.3 Å². The van der Waals surface area contributed by atoms with Gasteiger partial charge in [0.1, 0.15) is 0 Å². The molecule has 6 aromatic rings. The van der Waals surface area contributed by atoms with Gasteiger partial charge in [0.25, 0.3) is 0 Å². The molecule has 0 amide bonds. The van der Waals surface area contributed by atoms with E-state index in [1.54, 1.807) is 10.4 Å². The van der Waals surface area contributed by atoms with Gasteiger partial charge >= 0.3 is 25.8 Å². The summed E-state index contributed by atoms with van der Waals surface area (Å²) in [5, 5.41) is 8.65. The molecule has 0 radical (unpaired) electrons. The first-order valence-electron chi connectivity index (χ1n) is 15.2. The zero-order valence-corrected chi connectivity index (χ0v) is 33.0. The Balaban J connectivity index is 0.00000176. The molecule has 6 aromatic carbocycles. The molecule has 44 heavy (non-hydrogen) atoms. The van der Waals surface area contributed by atoms with Crippen LogP contribution in [-0.2, 0) is 25.8 Å². The minimum atomic E-state index is -2.17. The number of hydrogen-bond acceptors (Lipinski definition) is 0. The maximum Gasteiger partial charge on any atom is 4.00 e. The quantitative estimate of drug-likeness (QED) is 0.117. The molecule has 0 aliphatic rings. The molecular formula is C42H48HfSi. The molecule has 0 bridgehead atoms. The molecule has 0 unspecified atom stereocenters. The molecule has 224 valence electrons. The summed E-state index contributed by atoms with van der Waals surface area (Å²) >= 11 is 0. The molecule has 0 aliphatic carbocycles. The van der Waals surface area contributed by atoms with Gasteiger partial charge in [-0.2, -0.15) is 12.1 Å². The smallest absolute Gasteiger partial charge is 0.358 e. The van der Waals surface area contributed by atoms with Crippen LogP contribution in [0.5, 0.6) is 0 Å². The summed E-state index contributed by atoms with van der Waals surface area (Å²) in [6, 6.07) is 37.6. The van der Waals surface area contributed by atoms with Crippen LogP contribution in [0.2, 0.25) is 11.1 Å². The molecule has 6 rings (SSSR count). The summed E-state index contributed by atoms with van der Waals surface area (Å²) in [4.78, 5) is 0. The van der Waals surface area contributed by atoms with E-state index in [0.717, 1.165) is 0 Å². The van der Waals surface area contributed by atoms with Crippen molar-refractivity contribution in [2.45, 2.75) is 66.5 Å². The van der Waals surface area contributed by atoms with E-state index in [9.17, 15) is 0 Å². The molecule has 0 heterocycles. The minimum Gasteiger partial charge on any atom is -0.358 e. The van der Waals surface area contributed by atoms with Gasteiger partial charge in [0.15, 0.2) is 0 Å². The summed E-state index contributed by atoms with van der Waals surface area (Å²) in [5.74, 6) is 0. The molecule has 0 nitrogen and oxygen atoms in total. The van der Waals surface area contributed by atoms with Crippen LogP contribution in [0.4, 0.5) is 0 Å². The Labute approximate surface area is 287 Å². The van der Waals surface area contributed by atoms with Crippen molar-refractivity contribution in [2.24, 2.45) is 0 Å². The molecule has 0 saturated heterocycles. The van der Waals surface area contributed by atoms with Crippen molar-refractivity contribution in [1.29, 1.82) is 0 Å². The average molecular weight is 759 g/mol. The molecular weight excluding hydrogens is 711 g/mol. The van der Waals surface area contributed by atoms with E-state index in [1.165, 1.54) is 66.1 Å². The maximum atomic E-state index is 2.57. The summed E-state index contributed by atoms with van der Waals surface area (Å²) < 4.78 is 0. The standard InChI is InChI=1S/C40H42Si.2CH3.Hf/c1-25(2)41(26(3)4,33-21-31-11-9-13-35(39(31)23-33)37-19-27(5)15-17-29(37)7)34-22-32-12-10-14-36(40(32)24-34)38-20-28(6)16-18-30(38)8;;;/h9-26H,1-8H3;2*1H3;/q-2;2*-1;+4. The number of aryl methyl sites for hydroxylation is 4. The first-order chi connectivity index (χ1) is 19.6. The first-order valence-corrected chi connectivity index (χ1v) is 17.3. The van der Waals surface area contributed by atoms with Crippen LogP contribution in [-0.4, -0.2) is 8.07 Å². The van der Waals surface area contributed by atoms with Gasteiger partial charge in [-0.15, -0.1) is 68.3 Å². The SMILES string of the molecule is Cc1ccc(C)c(-c2cccc3[cH-]c([Si](c4cc5c(-c6cc(C)ccc6C)cccc5[cH-]4)(C(C)C)C(C)C)cc23)c1.[CH3-].[CH3-].[Hf+4]. The van der Waals surface area contributed by atoms with Gasteiger partial charge in [-0.05, 0) is 61.0 Å². The molecule has 0 saturated carbocycles. The molecule has 0 spiro atoms. The summed E-state index contributed by atoms with van der Waals surface area (Å²) in [7, 11) is -2.17. The van der Waals surface area contributed by atoms with Gasteiger partial charge in [-0.25, -0.2) is 0 Å². The monoisotopic (exact) mass is 760 g/mol. The fraction of sp³-hybridized carbons (Fsp3) is 0.238. The van der Waals surface area contributed by atoms with Crippen molar-refractivity contribution in [2.75, 3.05) is 0 Å². The fourth-order valence-corrected chi connectivity index (χ4v) is 13.5. The van der Waals surface area contributed by atoms with E-state index in [2.05, 4.69) is 152 Å². The van der Waals surface area contributed by atoms with Crippen LogP contribution < -0.4 is 10.4 Å². The van der Waals surface area contributed by atoms with Crippen LogP contribution in [0.15, 0.2) is 97.1 Å². The van der Waals surface area contributed by atoms with E-state index in [1.807, 2.05) is 0 Å². The van der Waals surface area contributed by atoms with Gasteiger partial charge in [0.05, 0.1) is 8.07 Å². The normalized spacial score (nSPS) is 11.5. The second-order valence-corrected chi connectivity index (χ2v) is 18.1. The summed E-state index contributed by atoms with van der Waals surface area (Å²) in [5.41, 5.74) is 11.8. The van der Waals surface area contributed by atoms with Gasteiger partial charge < -0.3 is 14.9 Å². The van der Waals surface area contributed by atoms with Crippen LogP contribution in [0, 0.1) is 42.5 Å². The summed E-state index contributed by atoms with van der Waals surface area (Å²) in [6.45, 7) is 18.8. The van der Waals surface area contributed by atoms with Crippen LogP contribution in [0.1, 0.15) is 49.9 Å². The van der Waals surface area contributed by atoms with E-state index in [0.29, 0.717) is 11.1 Å². The van der Waals surface area contributed by atoms with E-state index < -0.39 is 8.07 Å². The number of hydrogen-bond donors (Lipinski definition) is 0. The predicted octanol–water partition coefficient (Wildman–Crippen LogP) is 11.3. The predicted molar refractivity (Wildman–Crippen MR) is 197 cm³/mol. The second-order valence-electron chi connectivity index (χ2n) is 12.9. The number of rotatable bonds is 6. The third kappa shape index (κ3) is 5.81. The van der Waals surface area contributed by atoms with E-state index in [4.69, 9.17) is 0 Å². The van der Waals surface area contributed by atoms with Gasteiger partial charge in [-0.1, -0.05) is 98.5 Å². The van der Waals surface area contributed by atoms with Gasteiger partial charge in [0.2, 0.25) is 0 Å².